The van der Waals surface area contributed by atoms with E-state index in [1.807, 2.05) is 38.1 Å². The van der Waals surface area contributed by atoms with Crippen LogP contribution in [0.3, 0.4) is 0 Å². The third-order valence-electron chi connectivity index (χ3n) is 3.60. The molecule has 1 aromatic rings. The molecule has 0 aromatic heterocycles. The summed E-state index contributed by atoms with van der Waals surface area (Å²) in [5.74, 6) is 0.386. The van der Waals surface area contributed by atoms with E-state index in [4.69, 9.17) is 5.73 Å². The van der Waals surface area contributed by atoms with Gasteiger partial charge >= 0.3 is 0 Å². The van der Waals surface area contributed by atoms with Gasteiger partial charge in [-0.3, -0.25) is 4.79 Å². The van der Waals surface area contributed by atoms with Crippen LogP contribution in [-0.2, 0) is 0 Å². The van der Waals surface area contributed by atoms with Crippen molar-refractivity contribution in [3.8, 4) is 0 Å². The topological polar surface area (TPSA) is 58.4 Å². The SMILES string of the molecule is CCC(C)C(C)NC(=O)c1cc(N)ccc1N(C)C. The molecule has 19 heavy (non-hydrogen) atoms. The lowest BCUT2D eigenvalue weighted by molar-refractivity contribution is 0.0928. The second kappa shape index (κ2) is 6.45. The van der Waals surface area contributed by atoms with E-state index < -0.39 is 0 Å². The Hall–Kier alpha value is -1.71. The number of hydrogen-bond donors (Lipinski definition) is 2. The Morgan fingerprint density at radius 2 is 2.00 bits per heavy atom. The average Bonchev–Trinajstić information content (AvgIpc) is 2.36. The van der Waals surface area contributed by atoms with Crippen molar-refractivity contribution in [1.29, 1.82) is 0 Å². The van der Waals surface area contributed by atoms with Crippen molar-refractivity contribution < 1.29 is 4.79 Å². The molecule has 0 fully saturated rings. The number of anilines is 2. The average molecular weight is 263 g/mol. The van der Waals surface area contributed by atoms with Crippen molar-refractivity contribution in [2.75, 3.05) is 24.7 Å². The highest BCUT2D eigenvalue weighted by molar-refractivity contribution is 6.00. The minimum Gasteiger partial charge on any atom is -0.399 e. The summed E-state index contributed by atoms with van der Waals surface area (Å²) < 4.78 is 0. The number of hydrogen-bond acceptors (Lipinski definition) is 3. The summed E-state index contributed by atoms with van der Waals surface area (Å²) in [5.41, 5.74) is 7.89. The molecule has 4 nitrogen and oxygen atoms in total. The number of carbonyl (C=O) groups is 1. The lowest BCUT2D eigenvalue weighted by Crippen LogP contribution is -2.37. The van der Waals surface area contributed by atoms with Crippen molar-refractivity contribution in [2.45, 2.75) is 33.2 Å². The zero-order valence-electron chi connectivity index (χ0n) is 12.5. The third-order valence-corrected chi connectivity index (χ3v) is 3.60. The second-order valence-electron chi connectivity index (χ2n) is 5.32. The summed E-state index contributed by atoms with van der Waals surface area (Å²) in [4.78, 5) is 14.3. The van der Waals surface area contributed by atoms with Crippen molar-refractivity contribution >= 4 is 17.3 Å². The highest BCUT2D eigenvalue weighted by Crippen LogP contribution is 2.21. The predicted octanol–water partition coefficient (Wildman–Crippen LogP) is 2.50. The van der Waals surface area contributed by atoms with Gasteiger partial charge in [0.05, 0.1) is 5.56 Å². The number of nitrogens with zero attached hydrogens (tertiary/aromatic N) is 1. The van der Waals surface area contributed by atoms with Crippen LogP contribution in [-0.4, -0.2) is 26.0 Å². The Bertz CT molecular complexity index is 443. The van der Waals surface area contributed by atoms with Gasteiger partial charge in [0, 0.05) is 31.5 Å². The minimum absolute atomic E-state index is 0.0659. The maximum atomic E-state index is 12.4. The van der Waals surface area contributed by atoms with Crippen LogP contribution in [0.4, 0.5) is 11.4 Å². The zero-order valence-corrected chi connectivity index (χ0v) is 12.5. The van der Waals surface area contributed by atoms with Gasteiger partial charge in [-0.2, -0.15) is 0 Å². The fourth-order valence-corrected chi connectivity index (χ4v) is 1.91. The monoisotopic (exact) mass is 263 g/mol. The van der Waals surface area contributed by atoms with E-state index >= 15 is 0 Å². The summed E-state index contributed by atoms with van der Waals surface area (Å²) in [6.45, 7) is 6.30. The van der Waals surface area contributed by atoms with E-state index in [0.29, 0.717) is 17.2 Å². The summed E-state index contributed by atoms with van der Waals surface area (Å²) >= 11 is 0. The maximum Gasteiger partial charge on any atom is 0.253 e. The van der Waals surface area contributed by atoms with Crippen LogP contribution in [0, 0.1) is 5.92 Å². The summed E-state index contributed by atoms with van der Waals surface area (Å²) in [6.07, 6.45) is 1.04. The first-order valence-electron chi connectivity index (χ1n) is 6.74. The van der Waals surface area contributed by atoms with Crippen molar-refractivity contribution in [2.24, 2.45) is 5.92 Å². The number of amides is 1. The van der Waals surface area contributed by atoms with Gasteiger partial charge in [-0.25, -0.2) is 0 Å². The van der Waals surface area contributed by atoms with Gasteiger partial charge in [-0.15, -0.1) is 0 Å². The molecule has 1 aromatic carbocycles. The highest BCUT2D eigenvalue weighted by Gasteiger charge is 2.18. The molecule has 4 heteroatoms. The summed E-state index contributed by atoms with van der Waals surface area (Å²) in [7, 11) is 3.83. The standard InChI is InChI=1S/C15H25N3O/c1-6-10(2)11(3)17-15(19)13-9-12(16)7-8-14(13)18(4)5/h7-11H,6,16H2,1-5H3,(H,17,19). The molecule has 0 aliphatic carbocycles. The maximum absolute atomic E-state index is 12.4. The molecule has 0 saturated heterocycles. The normalized spacial score (nSPS) is 13.7. The van der Waals surface area contributed by atoms with Crippen molar-refractivity contribution in [3.05, 3.63) is 23.8 Å². The van der Waals surface area contributed by atoms with E-state index in [9.17, 15) is 4.79 Å². The summed E-state index contributed by atoms with van der Waals surface area (Å²) in [5, 5.41) is 3.05. The van der Waals surface area contributed by atoms with Crippen LogP contribution in [0.1, 0.15) is 37.6 Å². The van der Waals surface area contributed by atoms with Gasteiger partial charge in [0.1, 0.15) is 0 Å². The van der Waals surface area contributed by atoms with Gasteiger partial charge in [-0.05, 0) is 31.0 Å². The van der Waals surface area contributed by atoms with E-state index in [2.05, 4.69) is 19.2 Å². The Labute approximate surface area is 116 Å². The molecule has 1 amide bonds. The molecule has 0 spiro atoms. The summed E-state index contributed by atoms with van der Waals surface area (Å²) in [6, 6.07) is 5.56. The van der Waals surface area contributed by atoms with Crippen molar-refractivity contribution in [1.82, 2.24) is 5.32 Å². The quantitative estimate of drug-likeness (QED) is 0.802. The molecule has 3 N–H and O–H groups in total. The zero-order chi connectivity index (χ0) is 14.6. The van der Waals surface area contributed by atoms with Crippen LogP contribution in [0.25, 0.3) is 0 Å². The first-order valence-corrected chi connectivity index (χ1v) is 6.74. The number of nitrogen functional groups attached to an aromatic ring is 1. The van der Waals surface area contributed by atoms with Gasteiger partial charge in [0.15, 0.2) is 0 Å². The van der Waals surface area contributed by atoms with Gasteiger partial charge in [0.2, 0.25) is 0 Å². The second-order valence-corrected chi connectivity index (χ2v) is 5.32. The number of nitrogens with one attached hydrogen (secondary N) is 1. The molecule has 0 bridgehead atoms. The first-order chi connectivity index (χ1) is 8.86. The molecular formula is C15H25N3O. The van der Waals surface area contributed by atoms with E-state index in [1.165, 1.54) is 0 Å². The highest BCUT2D eigenvalue weighted by atomic mass is 16.1. The van der Waals surface area contributed by atoms with Gasteiger partial charge in [-0.1, -0.05) is 20.3 Å². The first kappa shape index (κ1) is 15.3. The molecular weight excluding hydrogens is 238 g/mol. The van der Waals surface area contributed by atoms with Crippen LogP contribution < -0.4 is 16.0 Å². The largest absolute Gasteiger partial charge is 0.399 e. The number of rotatable bonds is 5. The molecule has 0 aliphatic heterocycles. The molecule has 0 heterocycles. The molecule has 0 saturated carbocycles. The number of nitrogens with two attached hydrogens (primary N) is 1. The number of benzene rings is 1. The molecule has 0 radical (unpaired) electrons. The van der Waals surface area contributed by atoms with Crippen molar-refractivity contribution in [3.63, 3.8) is 0 Å². The smallest absolute Gasteiger partial charge is 0.253 e. The molecule has 2 unspecified atom stereocenters. The molecule has 2 atom stereocenters. The Morgan fingerprint density at radius 1 is 1.37 bits per heavy atom. The fraction of sp³-hybridized carbons (Fsp3) is 0.533. The van der Waals surface area contributed by atoms with Gasteiger partial charge in [0.25, 0.3) is 5.91 Å². The number of carbonyl (C=O) groups excluding carboxylic acids is 1. The van der Waals surface area contributed by atoms with Gasteiger partial charge < -0.3 is 16.0 Å². The van der Waals surface area contributed by atoms with E-state index in [0.717, 1.165) is 12.1 Å². The van der Waals surface area contributed by atoms with Crippen LogP contribution in [0.15, 0.2) is 18.2 Å². The molecule has 0 aliphatic rings. The minimum atomic E-state index is -0.0659. The Kier molecular flexibility index (Phi) is 5.21. The van der Waals surface area contributed by atoms with Crippen LogP contribution in [0.5, 0.6) is 0 Å². The molecule has 1 rings (SSSR count). The lowest BCUT2D eigenvalue weighted by atomic mass is 10.0. The van der Waals surface area contributed by atoms with E-state index in [-0.39, 0.29) is 11.9 Å². The molecule has 106 valence electrons. The fourth-order valence-electron chi connectivity index (χ4n) is 1.91. The predicted molar refractivity (Wildman–Crippen MR) is 81.6 cm³/mol. The lowest BCUT2D eigenvalue weighted by Gasteiger charge is -2.22. The van der Waals surface area contributed by atoms with E-state index in [1.54, 1.807) is 6.07 Å². The van der Waals surface area contributed by atoms with Crippen LogP contribution >= 0.6 is 0 Å². The third kappa shape index (κ3) is 3.88. The van der Waals surface area contributed by atoms with Crippen LogP contribution in [0.2, 0.25) is 0 Å². The Morgan fingerprint density at radius 3 is 2.53 bits per heavy atom. The Balaban J connectivity index is 2.96.